The molecule has 0 spiro atoms. The van der Waals surface area contributed by atoms with E-state index in [-0.39, 0.29) is 5.92 Å². The Morgan fingerprint density at radius 3 is 2.85 bits per heavy atom. The molecule has 6 heteroatoms. The zero-order valence-electron chi connectivity index (χ0n) is 11.5. The highest BCUT2D eigenvalue weighted by atomic mass is 35.5. The van der Waals surface area contributed by atoms with Crippen molar-refractivity contribution < 1.29 is 4.52 Å². The van der Waals surface area contributed by atoms with Gasteiger partial charge in [0.05, 0.1) is 11.7 Å². The average Bonchev–Trinajstić information content (AvgIpc) is 2.85. The number of benzene rings is 1. The van der Waals surface area contributed by atoms with Gasteiger partial charge in [-0.3, -0.25) is 0 Å². The molecular formula is C14H18ClN3OS. The summed E-state index contributed by atoms with van der Waals surface area (Å²) in [6.45, 7) is 4.71. The highest BCUT2D eigenvalue weighted by Crippen LogP contribution is 2.26. The lowest BCUT2D eigenvalue weighted by atomic mass is 9.96. The van der Waals surface area contributed by atoms with Crippen molar-refractivity contribution in [2.45, 2.75) is 30.4 Å². The zero-order valence-corrected chi connectivity index (χ0v) is 13.1. The normalized spacial score (nSPS) is 12.8. The average molecular weight is 312 g/mol. The van der Waals surface area contributed by atoms with Crippen LogP contribution in [0.4, 0.5) is 0 Å². The molecule has 2 aromatic rings. The minimum Gasteiger partial charge on any atom is -0.339 e. The van der Waals surface area contributed by atoms with Crippen LogP contribution in [0.2, 0.25) is 5.02 Å². The summed E-state index contributed by atoms with van der Waals surface area (Å²) in [7, 11) is 0. The van der Waals surface area contributed by atoms with Gasteiger partial charge < -0.3 is 10.3 Å². The Morgan fingerprint density at radius 1 is 1.40 bits per heavy atom. The molecule has 0 bridgehead atoms. The van der Waals surface area contributed by atoms with E-state index in [4.69, 9.17) is 21.9 Å². The second kappa shape index (κ2) is 7.11. The summed E-state index contributed by atoms with van der Waals surface area (Å²) >= 11 is 7.58. The Kier molecular flexibility index (Phi) is 5.46. The van der Waals surface area contributed by atoms with Gasteiger partial charge in [-0.1, -0.05) is 36.7 Å². The van der Waals surface area contributed by atoms with Crippen molar-refractivity contribution in [1.29, 1.82) is 0 Å². The highest BCUT2D eigenvalue weighted by Gasteiger charge is 2.20. The first-order valence-electron chi connectivity index (χ1n) is 6.51. The van der Waals surface area contributed by atoms with Gasteiger partial charge in [0, 0.05) is 16.5 Å². The minimum atomic E-state index is 0.118. The van der Waals surface area contributed by atoms with E-state index in [0.717, 1.165) is 9.92 Å². The summed E-state index contributed by atoms with van der Waals surface area (Å²) in [5.74, 6) is 2.47. The Labute approximate surface area is 128 Å². The van der Waals surface area contributed by atoms with Crippen molar-refractivity contribution in [2.75, 3.05) is 6.54 Å². The molecule has 1 aromatic carbocycles. The second-order valence-electron chi connectivity index (χ2n) is 4.88. The highest BCUT2D eigenvalue weighted by molar-refractivity contribution is 7.98. The topological polar surface area (TPSA) is 64.9 Å². The fourth-order valence-electron chi connectivity index (χ4n) is 1.84. The maximum absolute atomic E-state index is 5.95. The van der Waals surface area contributed by atoms with E-state index in [1.165, 1.54) is 0 Å². The van der Waals surface area contributed by atoms with Crippen LogP contribution in [0, 0.1) is 5.92 Å². The van der Waals surface area contributed by atoms with Crippen molar-refractivity contribution in [3.05, 3.63) is 41.0 Å². The largest absolute Gasteiger partial charge is 0.339 e. The first-order chi connectivity index (χ1) is 9.60. The third kappa shape index (κ3) is 3.98. The lowest BCUT2D eigenvalue weighted by molar-refractivity contribution is 0.322. The number of hydrogen-bond donors (Lipinski definition) is 1. The third-order valence-corrected chi connectivity index (χ3v) is 4.25. The zero-order chi connectivity index (χ0) is 14.5. The van der Waals surface area contributed by atoms with Crippen LogP contribution >= 0.6 is 23.4 Å². The molecule has 108 valence electrons. The van der Waals surface area contributed by atoms with Gasteiger partial charge in [-0.2, -0.15) is 4.98 Å². The van der Waals surface area contributed by atoms with E-state index >= 15 is 0 Å². The number of hydrogen-bond acceptors (Lipinski definition) is 5. The number of halogens is 1. The molecule has 1 atom stereocenters. The van der Waals surface area contributed by atoms with Gasteiger partial charge in [0.15, 0.2) is 5.82 Å². The molecule has 1 aromatic heterocycles. The SMILES string of the molecule is CC(C)C(CN)c1nc(CSc2cccc(Cl)c2)no1. The summed E-state index contributed by atoms with van der Waals surface area (Å²) in [6.07, 6.45) is 0. The van der Waals surface area contributed by atoms with Gasteiger partial charge in [-0.15, -0.1) is 11.8 Å². The van der Waals surface area contributed by atoms with E-state index in [1.807, 2.05) is 24.3 Å². The number of thioether (sulfide) groups is 1. The lowest BCUT2D eigenvalue weighted by Crippen LogP contribution is -2.18. The van der Waals surface area contributed by atoms with E-state index in [1.54, 1.807) is 11.8 Å². The molecular weight excluding hydrogens is 294 g/mol. The van der Waals surface area contributed by atoms with Gasteiger partial charge in [0.25, 0.3) is 0 Å². The Balaban J connectivity index is 1.99. The Morgan fingerprint density at radius 2 is 2.20 bits per heavy atom. The van der Waals surface area contributed by atoms with Crippen LogP contribution in [-0.4, -0.2) is 16.7 Å². The van der Waals surface area contributed by atoms with Crippen molar-refractivity contribution in [2.24, 2.45) is 11.7 Å². The van der Waals surface area contributed by atoms with E-state index in [2.05, 4.69) is 24.0 Å². The summed E-state index contributed by atoms with van der Waals surface area (Å²) < 4.78 is 5.31. The number of nitrogens with two attached hydrogens (primary N) is 1. The first-order valence-corrected chi connectivity index (χ1v) is 7.87. The summed E-state index contributed by atoms with van der Waals surface area (Å²) in [4.78, 5) is 5.51. The van der Waals surface area contributed by atoms with Crippen molar-refractivity contribution in [3.63, 3.8) is 0 Å². The quantitative estimate of drug-likeness (QED) is 0.824. The van der Waals surface area contributed by atoms with Gasteiger partial charge in [0.2, 0.25) is 5.89 Å². The maximum atomic E-state index is 5.95. The molecule has 1 heterocycles. The van der Waals surface area contributed by atoms with Crippen LogP contribution in [-0.2, 0) is 5.75 Å². The van der Waals surface area contributed by atoms with E-state index in [9.17, 15) is 0 Å². The molecule has 0 saturated heterocycles. The van der Waals surface area contributed by atoms with E-state index in [0.29, 0.717) is 29.9 Å². The van der Waals surface area contributed by atoms with Crippen molar-refractivity contribution in [3.8, 4) is 0 Å². The minimum absolute atomic E-state index is 0.118. The molecule has 0 amide bonds. The van der Waals surface area contributed by atoms with Crippen LogP contribution in [0.5, 0.6) is 0 Å². The summed E-state index contributed by atoms with van der Waals surface area (Å²) in [6, 6.07) is 7.71. The van der Waals surface area contributed by atoms with E-state index < -0.39 is 0 Å². The molecule has 0 aliphatic carbocycles. The molecule has 1 unspecified atom stereocenters. The van der Waals surface area contributed by atoms with Gasteiger partial charge >= 0.3 is 0 Å². The molecule has 20 heavy (non-hydrogen) atoms. The molecule has 2 N–H and O–H groups in total. The predicted molar refractivity (Wildman–Crippen MR) is 81.9 cm³/mol. The lowest BCUT2D eigenvalue weighted by Gasteiger charge is -2.13. The van der Waals surface area contributed by atoms with Crippen LogP contribution in [0.25, 0.3) is 0 Å². The van der Waals surface area contributed by atoms with Gasteiger partial charge in [0.1, 0.15) is 0 Å². The number of nitrogens with zero attached hydrogens (tertiary/aromatic N) is 2. The van der Waals surface area contributed by atoms with Crippen molar-refractivity contribution in [1.82, 2.24) is 10.1 Å². The fourth-order valence-corrected chi connectivity index (χ4v) is 2.89. The molecule has 0 aliphatic heterocycles. The monoisotopic (exact) mass is 311 g/mol. The van der Waals surface area contributed by atoms with Gasteiger partial charge in [-0.25, -0.2) is 0 Å². The van der Waals surface area contributed by atoms with Crippen molar-refractivity contribution >= 4 is 23.4 Å². The van der Waals surface area contributed by atoms with Crippen LogP contribution in [0.15, 0.2) is 33.7 Å². The van der Waals surface area contributed by atoms with Crippen LogP contribution in [0.1, 0.15) is 31.5 Å². The fraction of sp³-hybridized carbons (Fsp3) is 0.429. The number of rotatable bonds is 6. The Hall–Kier alpha value is -1.04. The molecule has 0 saturated carbocycles. The predicted octanol–water partition coefficient (Wildman–Crippen LogP) is 3.71. The van der Waals surface area contributed by atoms with Crippen LogP contribution in [0.3, 0.4) is 0 Å². The molecule has 0 fully saturated rings. The Bertz CT molecular complexity index is 559. The van der Waals surface area contributed by atoms with Gasteiger partial charge in [-0.05, 0) is 24.1 Å². The number of aromatic nitrogens is 2. The standard InChI is InChI=1S/C14H18ClN3OS/c1-9(2)12(7-16)14-17-13(18-19-14)8-20-11-5-3-4-10(15)6-11/h3-6,9,12H,7-8,16H2,1-2H3. The molecule has 4 nitrogen and oxygen atoms in total. The second-order valence-corrected chi connectivity index (χ2v) is 6.37. The smallest absolute Gasteiger partial charge is 0.231 e. The first kappa shape index (κ1) is 15.4. The summed E-state index contributed by atoms with van der Waals surface area (Å²) in [5, 5.41) is 4.74. The third-order valence-electron chi connectivity index (χ3n) is 3.02. The summed E-state index contributed by atoms with van der Waals surface area (Å²) in [5.41, 5.74) is 5.75. The molecule has 2 rings (SSSR count). The van der Waals surface area contributed by atoms with Crippen LogP contribution < -0.4 is 5.73 Å². The molecule has 0 aliphatic rings. The maximum Gasteiger partial charge on any atom is 0.231 e. The molecule has 0 radical (unpaired) electrons.